The minimum absolute atomic E-state index is 0.471. The first-order chi connectivity index (χ1) is 9.66. The van der Waals surface area contributed by atoms with Crippen molar-refractivity contribution in [1.29, 1.82) is 0 Å². The van der Waals surface area contributed by atoms with E-state index in [1.165, 1.54) is 6.08 Å². The number of carboxylic acid groups (broad SMARTS) is 1. The Morgan fingerprint density at radius 3 is 2.90 bits per heavy atom. The van der Waals surface area contributed by atoms with Crippen LogP contribution in [0, 0.1) is 5.92 Å². The zero-order valence-corrected chi connectivity index (χ0v) is 11.8. The molecule has 2 rings (SSSR count). The van der Waals surface area contributed by atoms with Crippen molar-refractivity contribution < 1.29 is 19.4 Å². The Kier molecular flexibility index (Phi) is 5.44. The molecule has 1 aromatic carbocycles. The van der Waals surface area contributed by atoms with E-state index in [4.69, 9.17) is 26.2 Å². The van der Waals surface area contributed by atoms with Crippen LogP contribution in [-0.2, 0) is 9.53 Å². The van der Waals surface area contributed by atoms with Gasteiger partial charge in [0.05, 0.1) is 11.6 Å². The molecular formula is C15H17ClO4. The second-order valence-corrected chi connectivity index (χ2v) is 5.10. The molecule has 0 spiro atoms. The van der Waals surface area contributed by atoms with Crippen molar-refractivity contribution in [2.24, 2.45) is 5.92 Å². The van der Waals surface area contributed by atoms with E-state index in [0.29, 0.717) is 28.9 Å². The lowest BCUT2D eigenvalue weighted by molar-refractivity contribution is -0.131. The summed E-state index contributed by atoms with van der Waals surface area (Å²) in [5.41, 5.74) is 0.601. The van der Waals surface area contributed by atoms with Crippen LogP contribution < -0.4 is 4.74 Å². The monoisotopic (exact) mass is 296 g/mol. The van der Waals surface area contributed by atoms with E-state index < -0.39 is 5.97 Å². The first-order valence-electron chi connectivity index (χ1n) is 6.57. The van der Waals surface area contributed by atoms with E-state index in [-0.39, 0.29) is 0 Å². The van der Waals surface area contributed by atoms with Gasteiger partial charge in [-0.25, -0.2) is 4.79 Å². The van der Waals surface area contributed by atoms with Crippen molar-refractivity contribution in [2.75, 3.05) is 19.8 Å². The highest BCUT2D eigenvalue weighted by Crippen LogP contribution is 2.29. The molecule has 0 atom stereocenters. The Hall–Kier alpha value is -1.52. The Labute approximate surface area is 123 Å². The predicted octanol–water partition coefficient (Wildman–Crippen LogP) is 3.24. The van der Waals surface area contributed by atoms with Gasteiger partial charge in [-0.2, -0.15) is 0 Å². The van der Waals surface area contributed by atoms with Crippen molar-refractivity contribution in [2.45, 2.75) is 12.8 Å². The molecule has 20 heavy (non-hydrogen) atoms. The zero-order chi connectivity index (χ0) is 14.4. The summed E-state index contributed by atoms with van der Waals surface area (Å²) in [5.74, 6) is 0.0702. The highest BCUT2D eigenvalue weighted by Gasteiger charge is 2.15. The average molecular weight is 297 g/mol. The second-order valence-electron chi connectivity index (χ2n) is 4.69. The number of hydrogen-bond donors (Lipinski definition) is 1. The van der Waals surface area contributed by atoms with Crippen LogP contribution in [0.1, 0.15) is 18.4 Å². The number of ether oxygens (including phenoxy) is 2. The van der Waals surface area contributed by atoms with Crippen LogP contribution >= 0.6 is 11.6 Å². The molecule has 1 aliphatic rings. The van der Waals surface area contributed by atoms with Gasteiger partial charge in [0.15, 0.2) is 0 Å². The minimum Gasteiger partial charge on any atom is -0.493 e. The van der Waals surface area contributed by atoms with Gasteiger partial charge in [0, 0.05) is 24.9 Å². The van der Waals surface area contributed by atoms with Gasteiger partial charge in [-0.3, -0.25) is 0 Å². The first kappa shape index (κ1) is 14.9. The summed E-state index contributed by atoms with van der Waals surface area (Å²) >= 11 is 6.09. The minimum atomic E-state index is -1.01. The fourth-order valence-electron chi connectivity index (χ4n) is 2.08. The Balaban J connectivity index is 2.06. The maximum absolute atomic E-state index is 10.6. The maximum Gasteiger partial charge on any atom is 0.328 e. The molecule has 108 valence electrons. The molecule has 1 N–H and O–H groups in total. The summed E-state index contributed by atoms with van der Waals surface area (Å²) in [4.78, 5) is 10.6. The van der Waals surface area contributed by atoms with E-state index in [1.807, 2.05) is 0 Å². The topological polar surface area (TPSA) is 55.8 Å². The first-order valence-corrected chi connectivity index (χ1v) is 6.94. The number of hydrogen-bond acceptors (Lipinski definition) is 3. The van der Waals surface area contributed by atoms with Gasteiger partial charge >= 0.3 is 5.97 Å². The molecule has 0 unspecified atom stereocenters. The number of carbonyl (C=O) groups is 1. The van der Waals surface area contributed by atoms with Gasteiger partial charge in [0.2, 0.25) is 0 Å². The molecule has 1 fully saturated rings. The number of halogens is 1. The molecule has 1 aliphatic heterocycles. The smallest absolute Gasteiger partial charge is 0.328 e. The molecular weight excluding hydrogens is 280 g/mol. The Morgan fingerprint density at radius 2 is 2.20 bits per heavy atom. The number of carboxylic acids is 1. The van der Waals surface area contributed by atoms with E-state index in [9.17, 15) is 4.79 Å². The highest BCUT2D eigenvalue weighted by molar-refractivity contribution is 6.32. The van der Waals surface area contributed by atoms with Gasteiger partial charge in [-0.1, -0.05) is 17.7 Å². The third-order valence-electron chi connectivity index (χ3n) is 3.22. The summed E-state index contributed by atoms with van der Waals surface area (Å²) in [7, 11) is 0. The lowest BCUT2D eigenvalue weighted by Gasteiger charge is -2.22. The van der Waals surface area contributed by atoms with Crippen molar-refractivity contribution in [3.8, 4) is 5.75 Å². The van der Waals surface area contributed by atoms with E-state index in [2.05, 4.69) is 0 Å². The van der Waals surface area contributed by atoms with E-state index >= 15 is 0 Å². The Morgan fingerprint density at radius 1 is 1.45 bits per heavy atom. The fraction of sp³-hybridized carbons (Fsp3) is 0.400. The third-order valence-corrected chi connectivity index (χ3v) is 3.55. The van der Waals surface area contributed by atoms with Gasteiger partial charge in [0.25, 0.3) is 0 Å². The molecule has 5 heteroatoms. The summed E-state index contributed by atoms with van der Waals surface area (Å²) in [6.07, 6.45) is 4.49. The average Bonchev–Trinajstić information content (AvgIpc) is 2.45. The van der Waals surface area contributed by atoms with Crippen molar-refractivity contribution in [3.63, 3.8) is 0 Å². The normalized spacial score (nSPS) is 16.4. The van der Waals surface area contributed by atoms with Crippen molar-refractivity contribution >= 4 is 23.6 Å². The zero-order valence-electron chi connectivity index (χ0n) is 11.0. The molecule has 0 amide bonds. The standard InChI is InChI=1S/C15H17ClO4/c16-13-2-1-3-14(12(13)4-5-15(17)18)20-10-11-6-8-19-9-7-11/h1-5,11H,6-10H2,(H,17,18)/b5-4+. The van der Waals surface area contributed by atoms with Crippen LogP contribution in [0.2, 0.25) is 5.02 Å². The molecule has 4 nitrogen and oxygen atoms in total. The summed E-state index contributed by atoms with van der Waals surface area (Å²) in [6.45, 7) is 2.14. The molecule has 0 aliphatic carbocycles. The van der Waals surface area contributed by atoms with Crippen LogP contribution in [0.3, 0.4) is 0 Å². The lowest BCUT2D eigenvalue weighted by Crippen LogP contribution is -2.21. The van der Waals surface area contributed by atoms with Crippen LogP contribution in [0.5, 0.6) is 5.75 Å². The lowest BCUT2D eigenvalue weighted by atomic mass is 10.0. The van der Waals surface area contributed by atoms with Gasteiger partial charge < -0.3 is 14.6 Å². The van der Waals surface area contributed by atoms with Gasteiger partial charge in [0.1, 0.15) is 5.75 Å². The second kappa shape index (κ2) is 7.31. The molecule has 0 saturated carbocycles. The van der Waals surface area contributed by atoms with E-state index in [1.54, 1.807) is 18.2 Å². The predicted molar refractivity (Wildman–Crippen MR) is 77.2 cm³/mol. The summed E-state index contributed by atoms with van der Waals surface area (Å²) < 4.78 is 11.1. The van der Waals surface area contributed by atoms with Crippen LogP contribution in [0.25, 0.3) is 6.08 Å². The molecule has 1 aromatic rings. The van der Waals surface area contributed by atoms with Gasteiger partial charge in [-0.05, 0) is 37.0 Å². The molecule has 1 saturated heterocycles. The van der Waals surface area contributed by atoms with Gasteiger partial charge in [-0.15, -0.1) is 0 Å². The molecule has 0 bridgehead atoms. The highest BCUT2D eigenvalue weighted by atomic mass is 35.5. The Bertz CT molecular complexity index is 493. The van der Waals surface area contributed by atoms with E-state index in [0.717, 1.165) is 32.1 Å². The fourth-order valence-corrected chi connectivity index (χ4v) is 2.31. The molecule has 0 radical (unpaired) electrons. The SMILES string of the molecule is O=C(O)/C=C/c1c(Cl)cccc1OCC1CCOCC1. The summed E-state index contributed by atoms with van der Waals surface area (Å²) in [6, 6.07) is 5.30. The van der Waals surface area contributed by atoms with Crippen molar-refractivity contribution in [3.05, 3.63) is 34.9 Å². The van der Waals surface area contributed by atoms with Crippen molar-refractivity contribution in [1.82, 2.24) is 0 Å². The third kappa shape index (κ3) is 4.25. The van der Waals surface area contributed by atoms with Crippen LogP contribution in [0.15, 0.2) is 24.3 Å². The maximum atomic E-state index is 10.6. The summed E-state index contributed by atoms with van der Waals surface area (Å²) in [5, 5.41) is 9.18. The number of rotatable bonds is 5. The number of aliphatic carboxylic acids is 1. The number of benzene rings is 1. The molecule has 1 heterocycles. The largest absolute Gasteiger partial charge is 0.493 e. The van der Waals surface area contributed by atoms with Crippen LogP contribution in [0.4, 0.5) is 0 Å². The molecule has 0 aromatic heterocycles. The van der Waals surface area contributed by atoms with Crippen LogP contribution in [-0.4, -0.2) is 30.9 Å². The quantitative estimate of drug-likeness (QED) is 0.848.